The minimum atomic E-state index is -0.721. The molecule has 0 unspecified atom stereocenters. The Morgan fingerprint density at radius 2 is 1.60 bits per heavy atom. The molecule has 2 heterocycles. The summed E-state index contributed by atoms with van der Waals surface area (Å²) in [6.45, 7) is 4.83. The fourth-order valence-corrected chi connectivity index (χ4v) is 5.86. The quantitative estimate of drug-likeness (QED) is 0.323. The molecule has 1 atom stereocenters. The Labute approximate surface area is 255 Å². The molecule has 2 saturated heterocycles. The van der Waals surface area contributed by atoms with E-state index >= 15 is 0 Å². The number of piperazine rings is 1. The number of thiocarbonyl (C=S) groups is 1. The van der Waals surface area contributed by atoms with Crippen molar-refractivity contribution in [2.24, 2.45) is 0 Å². The van der Waals surface area contributed by atoms with Crippen molar-refractivity contribution in [1.29, 1.82) is 0 Å². The van der Waals surface area contributed by atoms with E-state index < -0.39 is 6.04 Å². The molecule has 3 aromatic carbocycles. The molecule has 1 N–H and O–H groups in total. The van der Waals surface area contributed by atoms with Crippen LogP contribution in [0.15, 0.2) is 72.8 Å². The second kappa shape index (κ2) is 13.5. The van der Waals surface area contributed by atoms with Crippen LogP contribution >= 0.6 is 23.8 Å². The monoisotopic (exact) mass is 609 g/mol. The van der Waals surface area contributed by atoms with Crippen LogP contribution in [0.25, 0.3) is 0 Å². The summed E-state index contributed by atoms with van der Waals surface area (Å²) in [4.78, 5) is 34.7. The van der Waals surface area contributed by atoms with Gasteiger partial charge in [-0.15, -0.1) is 0 Å². The summed E-state index contributed by atoms with van der Waals surface area (Å²) in [5.74, 6) is -0.0610. The molecular weight excluding hydrogens is 577 g/mol. The number of hydrogen-bond donors (Lipinski definition) is 1. The molecule has 220 valence electrons. The van der Waals surface area contributed by atoms with Crippen LogP contribution in [0.4, 0.5) is 21.5 Å². The number of nitrogens with zero attached hydrogens (tertiary/aromatic N) is 4. The van der Waals surface area contributed by atoms with Gasteiger partial charge in [0.1, 0.15) is 17.6 Å². The van der Waals surface area contributed by atoms with Crippen molar-refractivity contribution in [3.05, 3.63) is 83.6 Å². The minimum Gasteiger partial charge on any atom is -0.497 e. The Morgan fingerprint density at radius 1 is 0.952 bits per heavy atom. The molecule has 0 radical (unpaired) electrons. The first-order valence-electron chi connectivity index (χ1n) is 13.9. The first-order chi connectivity index (χ1) is 20.3. The van der Waals surface area contributed by atoms with Crippen LogP contribution in [0, 0.1) is 5.82 Å². The number of methoxy groups -OCH3 is 1. The average Bonchev–Trinajstić information content (AvgIpc) is 3.22. The fraction of sp³-hybridized carbons (Fsp3) is 0.323. The minimum absolute atomic E-state index is 0.0363. The molecule has 0 spiro atoms. The van der Waals surface area contributed by atoms with Crippen LogP contribution in [0.2, 0.25) is 5.02 Å². The summed E-state index contributed by atoms with van der Waals surface area (Å²) >= 11 is 11.9. The van der Waals surface area contributed by atoms with Crippen LogP contribution in [0.1, 0.15) is 12.8 Å². The van der Waals surface area contributed by atoms with Crippen molar-refractivity contribution < 1.29 is 18.7 Å². The van der Waals surface area contributed by atoms with Gasteiger partial charge in [0.15, 0.2) is 5.11 Å². The van der Waals surface area contributed by atoms with Crippen LogP contribution < -0.4 is 19.9 Å². The predicted molar refractivity (Wildman–Crippen MR) is 168 cm³/mol. The van der Waals surface area contributed by atoms with E-state index in [4.69, 9.17) is 28.6 Å². The van der Waals surface area contributed by atoms with Gasteiger partial charge < -0.3 is 19.9 Å². The highest BCUT2D eigenvalue weighted by atomic mass is 35.5. The van der Waals surface area contributed by atoms with E-state index in [1.54, 1.807) is 55.6 Å². The summed E-state index contributed by atoms with van der Waals surface area (Å²) < 4.78 is 18.5. The zero-order chi connectivity index (χ0) is 29.6. The number of carbonyl (C=O) groups excluding carboxylic acids is 2. The van der Waals surface area contributed by atoms with Gasteiger partial charge in [-0.05, 0) is 98.0 Å². The topological polar surface area (TPSA) is 68.4 Å². The summed E-state index contributed by atoms with van der Waals surface area (Å²) in [5, 5.41) is 3.82. The van der Waals surface area contributed by atoms with E-state index in [1.807, 2.05) is 17.0 Å². The number of benzene rings is 3. The average molecular weight is 610 g/mol. The molecule has 2 fully saturated rings. The number of rotatable bonds is 10. The van der Waals surface area contributed by atoms with E-state index in [1.165, 1.54) is 17.0 Å². The van der Waals surface area contributed by atoms with E-state index in [2.05, 4.69) is 15.1 Å². The lowest BCUT2D eigenvalue weighted by Crippen LogP contribution is -2.47. The van der Waals surface area contributed by atoms with Gasteiger partial charge in [0, 0.05) is 49.1 Å². The molecule has 11 heteroatoms. The molecule has 0 aromatic heterocycles. The van der Waals surface area contributed by atoms with Crippen molar-refractivity contribution in [3.8, 4) is 5.75 Å². The van der Waals surface area contributed by atoms with Crippen LogP contribution in [-0.2, 0) is 9.59 Å². The molecule has 0 aliphatic carbocycles. The lowest BCUT2D eigenvalue weighted by molar-refractivity contribution is -0.124. The summed E-state index contributed by atoms with van der Waals surface area (Å²) in [6.07, 6.45) is 0.737. The molecule has 5 rings (SSSR count). The zero-order valence-corrected chi connectivity index (χ0v) is 24.9. The molecule has 8 nitrogen and oxygen atoms in total. The first kappa shape index (κ1) is 29.8. The van der Waals surface area contributed by atoms with Crippen molar-refractivity contribution >= 4 is 57.8 Å². The lowest BCUT2D eigenvalue weighted by atomic mass is 10.1. The SMILES string of the molecule is COc1ccc(NC(=O)C[C@@H]2C(=O)N(c3ccc(Cl)cc3)C(=S)N2CCCN2CCN(c3ccc(F)cc3)CC2)cc1. The van der Waals surface area contributed by atoms with Crippen molar-refractivity contribution in [1.82, 2.24) is 9.80 Å². The number of hydrogen-bond acceptors (Lipinski definition) is 6. The molecule has 3 aromatic rings. The second-order valence-electron chi connectivity index (χ2n) is 10.3. The number of amides is 2. The number of nitrogens with one attached hydrogen (secondary N) is 1. The number of anilines is 3. The summed E-state index contributed by atoms with van der Waals surface area (Å²) in [5.41, 5.74) is 2.26. The lowest BCUT2D eigenvalue weighted by Gasteiger charge is -2.36. The third kappa shape index (κ3) is 7.00. The van der Waals surface area contributed by atoms with Gasteiger partial charge >= 0.3 is 0 Å². The maximum atomic E-state index is 13.7. The van der Waals surface area contributed by atoms with Gasteiger partial charge in [-0.2, -0.15) is 0 Å². The smallest absolute Gasteiger partial charge is 0.256 e. The Hall–Kier alpha value is -3.73. The van der Waals surface area contributed by atoms with Crippen molar-refractivity contribution in [2.45, 2.75) is 18.9 Å². The van der Waals surface area contributed by atoms with Crippen LogP contribution in [0.3, 0.4) is 0 Å². The highest BCUT2D eigenvalue weighted by molar-refractivity contribution is 7.80. The van der Waals surface area contributed by atoms with Gasteiger partial charge in [-0.1, -0.05) is 11.6 Å². The molecule has 42 heavy (non-hydrogen) atoms. The third-order valence-corrected chi connectivity index (χ3v) is 8.26. The molecule has 2 amide bonds. The van der Waals surface area contributed by atoms with Crippen molar-refractivity contribution in [2.75, 3.05) is 61.5 Å². The third-order valence-electron chi connectivity index (χ3n) is 7.59. The zero-order valence-electron chi connectivity index (χ0n) is 23.3. The van der Waals surface area contributed by atoms with Crippen LogP contribution in [0.5, 0.6) is 5.75 Å². The Bertz CT molecular complexity index is 1400. The second-order valence-corrected chi connectivity index (χ2v) is 11.1. The number of halogens is 2. The summed E-state index contributed by atoms with van der Waals surface area (Å²) in [7, 11) is 1.58. The van der Waals surface area contributed by atoms with E-state index in [0.29, 0.717) is 33.8 Å². The number of ether oxygens (including phenoxy) is 1. The molecule has 2 aliphatic heterocycles. The molecule has 0 saturated carbocycles. The van der Waals surface area contributed by atoms with E-state index in [0.717, 1.165) is 44.8 Å². The van der Waals surface area contributed by atoms with Crippen LogP contribution in [-0.4, -0.2) is 79.1 Å². The molecule has 2 aliphatic rings. The molecule has 0 bridgehead atoms. The summed E-state index contributed by atoms with van der Waals surface area (Å²) in [6, 6.07) is 19.9. The normalized spacial score (nSPS) is 17.6. The van der Waals surface area contributed by atoms with Gasteiger partial charge in [-0.25, -0.2) is 4.39 Å². The Morgan fingerprint density at radius 3 is 2.24 bits per heavy atom. The maximum Gasteiger partial charge on any atom is 0.256 e. The highest BCUT2D eigenvalue weighted by Gasteiger charge is 2.44. The maximum absolute atomic E-state index is 13.7. The Balaban J connectivity index is 1.22. The van der Waals surface area contributed by atoms with Gasteiger partial charge in [-0.3, -0.25) is 19.4 Å². The molecular formula is C31H33ClFN5O3S. The Kier molecular flexibility index (Phi) is 9.56. The van der Waals surface area contributed by atoms with Crippen molar-refractivity contribution in [3.63, 3.8) is 0 Å². The van der Waals surface area contributed by atoms with Gasteiger partial charge in [0.25, 0.3) is 5.91 Å². The predicted octanol–water partition coefficient (Wildman–Crippen LogP) is 5.03. The van der Waals surface area contributed by atoms with E-state index in [-0.39, 0.29) is 24.1 Å². The highest BCUT2D eigenvalue weighted by Crippen LogP contribution is 2.29. The van der Waals surface area contributed by atoms with E-state index in [9.17, 15) is 14.0 Å². The van der Waals surface area contributed by atoms with Gasteiger partial charge in [0.05, 0.1) is 19.2 Å². The van der Waals surface area contributed by atoms with Gasteiger partial charge in [0.2, 0.25) is 5.91 Å². The number of carbonyl (C=O) groups is 2. The largest absolute Gasteiger partial charge is 0.497 e. The standard InChI is InChI=1S/C31H33ClFN5O3S/c1-41-27-13-7-24(8-14-27)34-29(39)21-28-30(40)38(26-9-3-22(32)4-10-26)31(42)37(28)16-2-15-35-17-19-36(20-18-35)25-11-5-23(33)6-12-25/h3-14,28H,2,15-21H2,1H3,(H,34,39)/t28-/m1/s1. The fourth-order valence-electron chi connectivity index (χ4n) is 5.32. The first-order valence-corrected chi connectivity index (χ1v) is 14.7.